The van der Waals surface area contributed by atoms with Gasteiger partial charge in [0.1, 0.15) is 17.2 Å². The van der Waals surface area contributed by atoms with Crippen molar-refractivity contribution in [3.63, 3.8) is 0 Å². The number of fused-ring (bicyclic) bond motifs is 2. The number of rotatable bonds is 8. The zero-order valence-electron chi connectivity index (χ0n) is 25.6. The summed E-state index contributed by atoms with van der Waals surface area (Å²) in [5.74, 6) is -0.0357. The van der Waals surface area contributed by atoms with Gasteiger partial charge >= 0.3 is 0 Å². The largest absolute Gasteiger partial charge is 0.505 e. The number of aromatic hydroxyl groups is 1. The Balaban J connectivity index is 1.16. The molecule has 0 radical (unpaired) electrons. The number of amides is 2. The Morgan fingerprint density at radius 2 is 1.93 bits per heavy atom. The Labute approximate surface area is 258 Å². The Morgan fingerprint density at radius 3 is 2.67 bits per heavy atom. The number of carbonyl (C=O) groups is 2. The van der Waals surface area contributed by atoms with Crippen molar-refractivity contribution in [3.8, 4) is 28.4 Å². The van der Waals surface area contributed by atoms with Gasteiger partial charge in [-0.1, -0.05) is 13.0 Å². The molecule has 0 unspecified atom stereocenters. The van der Waals surface area contributed by atoms with Gasteiger partial charge in [0, 0.05) is 52.5 Å². The highest BCUT2D eigenvalue weighted by Gasteiger charge is 2.27. The molecule has 3 aromatic heterocycles. The number of nitrogens with one attached hydrogen (secondary N) is 2. The van der Waals surface area contributed by atoms with Gasteiger partial charge in [0.15, 0.2) is 17.4 Å². The van der Waals surface area contributed by atoms with Crippen LogP contribution in [0.4, 0.5) is 10.2 Å². The average Bonchev–Trinajstić information content (AvgIpc) is 3.67. The number of hydrogen-bond acceptors (Lipinski definition) is 8. The second kappa shape index (κ2) is 12.0. The molecule has 13 heteroatoms. The van der Waals surface area contributed by atoms with Crippen LogP contribution in [0.2, 0.25) is 0 Å². The second-order valence-electron chi connectivity index (χ2n) is 11.3. The minimum absolute atomic E-state index is 0.00736. The first kappa shape index (κ1) is 29.7. The number of phenolic OH excluding ortho intramolecular Hbond substituents is 1. The highest BCUT2D eigenvalue weighted by molar-refractivity contribution is 5.94. The molecule has 5 aromatic rings. The molecule has 0 saturated carbocycles. The summed E-state index contributed by atoms with van der Waals surface area (Å²) in [4.78, 5) is 46.9. The van der Waals surface area contributed by atoms with Crippen LogP contribution in [0.3, 0.4) is 0 Å². The summed E-state index contributed by atoms with van der Waals surface area (Å²) in [5, 5.41) is 18.2. The minimum atomic E-state index is -0.663. The van der Waals surface area contributed by atoms with Crippen molar-refractivity contribution in [1.29, 1.82) is 0 Å². The van der Waals surface area contributed by atoms with E-state index in [2.05, 4.69) is 25.1 Å². The van der Waals surface area contributed by atoms with E-state index in [1.54, 1.807) is 23.0 Å². The number of imidazole rings is 1. The predicted octanol–water partition coefficient (Wildman–Crippen LogP) is 3.93. The quantitative estimate of drug-likeness (QED) is 0.239. The molecule has 2 amide bonds. The van der Waals surface area contributed by atoms with Gasteiger partial charge in [0.2, 0.25) is 5.91 Å². The number of halogens is 1. The Morgan fingerprint density at radius 1 is 1.11 bits per heavy atom. The number of benzene rings is 2. The SMILES string of the molecule is CCc1cc(O)c(F)cc1-c1ccc2c(-c3nc4c([nH]3)CN(C(=O)c3cnc(N(C)CCN(C)C(C)=O)cn3)CC4)n[nH]c2c1. The van der Waals surface area contributed by atoms with E-state index in [1.807, 2.05) is 37.1 Å². The molecular formula is C32H34FN9O3. The van der Waals surface area contributed by atoms with Gasteiger partial charge < -0.3 is 24.8 Å². The van der Waals surface area contributed by atoms with Crippen LogP contribution in [-0.4, -0.2) is 90.6 Å². The van der Waals surface area contributed by atoms with Crippen LogP contribution in [-0.2, 0) is 24.2 Å². The van der Waals surface area contributed by atoms with Crippen molar-refractivity contribution in [3.05, 3.63) is 71.2 Å². The molecule has 0 saturated heterocycles. The van der Waals surface area contributed by atoms with Crippen LogP contribution in [0, 0.1) is 5.82 Å². The molecule has 1 aliphatic rings. The molecule has 1 aliphatic heterocycles. The monoisotopic (exact) mass is 611 g/mol. The van der Waals surface area contributed by atoms with Crippen molar-refractivity contribution in [2.45, 2.75) is 33.2 Å². The van der Waals surface area contributed by atoms with E-state index in [-0.39, 0.29) is 23.3 Å². The number of H-pyrrole nitrogens is 2. The first-order valence-corrected chi connectivity index (χ1v) is 14.7. The lowest BCUT2D eigenvalue weighted by Crippen LogP contribution is -2.36. The van der Waals surface area contributed by atoms with Crippen LogP contribution in [0.5, 0.6) is 5.75 Å². The van der Waals surface area contributed by atoms with E-state index in [1.165, 1.54) is 25.3 Å². The third-order valence-corrected chi connectivity index (χ3v) is 8.33. The van der Waals surface area contributed by atoms with Gasteiger partial charge in [0.05, 0.1) is 35.8 Å². The molecule has 6 rings (SSSR count). The third-order valence-electron chi connectivity index (χ3n) is 8.33. The van der Waals surface area contributed by atoms with Crippen LogP contribution >= 0.6 is 0 Å². The van der Waals surface area contributed by atoms with Gasteiger partial charge in [-0.05, 0) is 47.4 Å². The maximum absolute atomic E-state index is 14.2. The number of aromatic amines is 2. The topological polar surface area (TPSA) is 147 Å². The summed E-state index contributed by atoms with van der Waals surface area (Å²) in [6.45, 7) is 5.45. The molecule has 12 nitrogen and oxygen atoms in total. The number of aromatic nitrogens is 6. The van der Waals surface area contributed by atoms with E-state index < -0.39 is 5.82 Å². The summed E-state index contributed by atoms with van der Waals surface area (Å²) in [6, 6.07) is 8.57. The van der Waals surface area contributed by atoms with Crippen molar-refractivity contribution in [1.82, 2.24) is 39.9 Å². The van der Waals surface area contributed by atoms with E-state index >= 15 is 0 Å². The fourth-order valence-corrected chi connectivity index (χ4v) is 5.48. The molecular weight excluding hydrogens is 577 g/mol. The fraction of sp³-hybridized carbons (Fsp3) is 0.312. The molecule has 45 heavy (non-hydrogen) atoms. The number of likely N-dealkylation sites (N-methyl/N-ethyl adjacent to an activating group) is 2. The molecule has 232 valence electrons. The molecule has 0 bridgehead atoms. The van der Waals surface area contributed by atoms with Gasteiger partial charge in [-0.15, -0.1) is 0 Å². The minimum Gasteiger partial charge on any atom is -0.505 e. The van der Waals surface area contributed by atoms with Crippen LogP contribution in [0.25, 0.3) is 33.5 Å². The molecule has 0 atom stereocenters. The number of carbonyl (C=O) groups excluding carboxylic acids is 2. The molecule has 2 aromatic carbocycles. The van der Waals surface area contributed by atoms with E-state index in [4.69, 9.17) is 4.98 Å². The molecule has 4 heterocycles. The zero-order valence-corrected chi connectivity index (χ0v) is 25.6. The number of anilines is 1. The first-order chi connectivity index (χ1) is 21.6. The molecule has 0 aliphatic carbocycles. The second-order valence-corrected chi connectivity index (χ2v) is 11.3. The molecule has 3 N–H and O–H groups in total. The van der Waals surface area contributed by atoms with E-state index in [0.717, 1.165) is 33.4 Å². The van der Waals surface area contributed by atoms with Crippen LogP contribution in [0.1, 0.15) is 41.3 Å². The smallest absolute Gasteiger partial charge is 0.274 e. The number of hydrogen-bond donors (Lipinski definition) is 3. The van der Waals surface area contributed by atoms with Gasteiger partial charge in [-0.25, -0.2) is 19.3 Å². The third kappa shape index (κ3) is 5.80. The van der Waals surface area contributed by atoms with Crippen LogP contribution < -0.4 is 4.90 Å². The summed E-state index contributed by atoms with van der Waals surface area (Å²) in [5.41, 5.74) is 5.76. The van der Waals surface area contributed by atoms with Crippen molar-refractivity contribution in [2.24, 2.45) is 0 Å². The highest BCUT2D eigenvalue weighted by atomic mass is 19.1. The van der Waals surface area contributed by atoms with Crippen molar-refractivity contribution in [2.75, 3.05) is 38.6 Å². The zero-order chi connectivity index (χ0) is 31.8. The summed E-state index contributed by atoms with van der Waals surface area (Å²) in [6.07, 6.45) is 4.27. The lowest BCUT2D eigenvalue weighted by atomic mass is 9.96. The Bertz CT molecular complexity index is 1900. The lowest BCUT2D eigenvalue weighted by molar-refractivity contribution is -0.127. The predicted molar refractivity (Wildman–Crippen MR) is 167 cm³/mol. The standard InChI is InChI=1S/C32H34FN9O3/c1-5-19-13-28(44)23(33)14-22(19)20-6-7-21-25(12-20)38-39-30(21)31-36-24-8-9-42(17-27(24)37-31)32(45)26-15-35-29(16-34-26)41(4)11-10-40(3)18(2)43/h6-7,12-16,44H,5,8-11,17H2,1-4H3,(H,36,37)(H,38,39). The number of nitrogens with zero attached hydrogens (tertiary/aromatic N) is 7. The van der Waals surface area contributed by atoms with Crippen LogP contribution in [0.15, 0.2) is 42.7 Å². The fourth-order valence-electron chi connectivity index (χ4n) is 5.48. The Kier molecular flexibility index (Phi) is 7.92. The average molecular weight is 612 g/mol. The summed E-state index contributed by atoms with van der Waals surface area (Å²) in [7, 11) is 3.61. The maximum atomic E-state index is 14.2. The van der Waals surface area contributed by atoms with Gasteiger partial charge in [0.25, 0.3) is 5.91 Å². The maximum Gasteiger partial charge on any atom is 0.274 e. The summed E-state index contributed by atoms with van der Waals surface area (Å²) < 4.78 is 14.2. The normalized spacial score (nSPS) is 12.8. The highest BCUT2D eigenvalue weighted by Crippen LogP contribution is 2.34. The first-order valence-electron chi connectivity index (χ1n) is 14.7. The Hall–Kier alpha value is -5.33. The summed E-state index contributed by atoms with van der Waals surface area (Å²) >= 11 is 0. The van der Waals surface area contributed by atoms with Gasteiger partial charge in [-0.2, -0.15) is 5.10 Å². The molecule has 0 spiro atoms. The molecule has 0 fully saturated rings. The van der Waals surface area contributed by atoms with Crippen molar-refractivity contribution >= 4 is 28.5 Å². The van der Waals surface area contributed by atoms with Gasteiger partial charge in [-0.3, -0.25) is 14.7 Å². The van der Waals surface area contributed by atoms with E-state index in [9.17, 15) is 19.1 Å². The van der Waals surface area contributed by atoms with Crippen molar-refractivity contribution < 1.29 is 19.1 Å². The number of aryl methyl sites for hydroxylation is 1. The van der Waals surface area contributed by atoms with E-state index in [0.29, 0.717) is 61.9 Å². The number of phenols is 1. The lowest BCUT2D eigenvalue weighted by Gasteiger charge is -2.26.